The first-order valence-electron chi connectivity index (χ1n) is 11.2. The SMILES string of the molecule is CCC(c1cc(O)c(C(c2ccccc2)C2CC2)c(=O)o1)S(=O)(=O)CC1CCCCO1. The van der Waals surface area contributed by atoms with Crippen LogP contribution in [0.4, 0.5) is 0 Å². The minimum absolute atomic E-state index is 0.00664. The Hall–Kier alpha value is -2.12. The van der Waals surface area contributed by atoms with Crippen LogP contribution in [0, 0.1) is 5.92 Å². The van der Waals surface area contributed by atoms with Gasteiger partial charge in [-0.05, 0) is 50.0 Å². The van der Waals surface area contributed by atoms with Crippen molar-refractivity contribution >= 4 is 9.84 Å². The fourth-order valence-electron chi connectivity index (χ4n) is 4.66. The highest BCUT2D eigenvalue weighted by Crippen LogP contribution is 2.47. The third kappa shape index (κ3) is 4.88. The van der Waals surface area contributed by atoms with Crippen molar-refractivity contribution in [3.8, 4) is 5.75 Å². The van der Waals surface area contributed by atoms with Crippen molar-refractivity contribution in [2.75, 3.05) is 12.4 Å². The Balaban J connectivity index is 1.66. The topological polar surface area (TPSA) is 93.8 Å². The van der Waals surface area contributed by atoms with Crippen LogP contribution in [-0.2, 0) is 14.6 Å². The summed E-state index contributed by atoms with van der Waals surface area (Å²) < 4.78 is 37.3. The van der Waals surface area contributed by atoms with E-state index in [1.165, 1.54) is 6.07 Å². The van der Waals surface area contributed by atoms with Crippen molar-refractivity contribution in [1.82, 2.24) is 0 Å². The van der Waals surface area contributed by atoms with E-state index in [9.17, 15) is 18.3 Å². The molecule has 4 rings (SSSR count). The Kier molecular flexibility index (Phi) is 6.53. The molecule has 0 spiro atoms. The van der Waals surface area contributed by atoms with Gasteiger partial charge in [-0.15, -0.1) is 0 Å². The number of ether oxygens (including phenoxy) is 1. The predicted molar refractivity (Wildman–Crippen MR) is 118 cm³/mol. The molecule has 168 valence electrons. The molecule has 31 heavy (non-hydrogen) atoms. The minimum atomic E-state index is -3.62. The quantitative estimate of drug-likeness (QED) is 0.649. The summed E-state index contributed by atoms with van der Waals surface area (Å²) in [6, 6.07) is 10.9. The van der Waals surface area contributed by atoms with Crippen LogP contribution in [0.15, 0.2) is 45.6 Å². The molecule has 6 nitrogen and oxygen atoms in total. The van der Waals surface area contributed by atoms with E-state index in [1.807, 2.05) is 30.3 Å². The van der Waals surface area contributed by atoms with E-state index in [-0.39, 0.29) is 47.2 Å². The molecule has 1 aromatic carbocycles. The second kappa shape index (κ2) is 9.17. The molecule has 0 amide bonds. The summed E-state index contributed by atoms with van der Waals surface area (Å²) in [6.45, 7) is 2.31. The lowest BCUT2D eigenvalue weighted by Crippen LogP contribution is -2.30. The van der Waals surface area contributed by atoms with Gasteiger partial charge in [0, 0.05) is 18.6 Å². The first-order valence-corrected chi connectivity index (χ1v) is 12.9. The molecule has 1 saturated carbocycles. The monoisotopic (exact) mass is 446 g/mol. The van der Waals surface area contributed by atoms with Crippen molar-refractivity contribution in [3.63, 3.8) is 0 Å². The largest absolute Gasteiger partial charge is 0.507 e. The Bertz CT molecular complexity index is 1050. The minimum Gasteiger partial charge on any atom is -0.507 e. The predicted octanol–water partition coefficient (Wildman–Crippen LogP) is 4.32. The summed E-state index contributed by atoms with van der Waals surface area (Å²) in [5, 5.41) is 9.85. The molecule has 0 bridgehead atoms. The molecule has 3 atom stereocenters. The average Bonchev–Trinajstić information content (AvgIpc) is 3.57. The Morgan fingerprint density at radius 1 is 1.13 bits per heavy atom. The summed E-state index contributed by atoms with van der Waals surface area (Å²) >= 11 is 0. The van der Waals surface area contributed by atoms with E-state index in [0.717, 1.165) is 31.2 Å². The number of hydrogen-bond acceptors (Lipinski definition) is 6. The van der Waals surface area contributed by atoms with Gasteiger partial charge in [0.05, 0.1) is 17.4 Å². The molecule has 1 aliphatic carbocycles. The van der Waals surface area contributed by atoms with Crippen LogP contribution in [0.25, 0.3) is 0 Å². The number of sulfone groups is 1. The average molecular weight is 447 g/mol. The maximum absolute atomic E-state index is 13.1. The van der Waals surface area contributed by atoms with Crippen LogP contribution in [0.3, 0.4) is 0 Å². The van der Waals surface area contributed by atoms with E-state index in [1.54, 1.807) is 6.92 Å². The molecule has 2 fully saturated rings. The van der Waals surface area contributed by atoms with Gasteiger partial charge in [-0.25, -0.2) is 13.2 Å². The summed E-state index contributed by atoms with van der Waals surface area (Å²) in [5.41, 5.74) is 0.521. The normalized spacial score (nSPS) is 21.5. The second-order valence-electron chi connectivity index (χ2n) is 8.68. The first kappa shape index (κ1) is 22.1. The molecule has 1 N–H and O–H groups in total. The molecule has 3 unspecified atom stereocenters. The van der Waals surface area contributed by atoms with Gasteiger partial charge >= 0.3 is 5.63 Å². The summed E-state index contributed by atoms with van der Waals surface area (Å²) in [7, 11) is -3.62. The smallest absolute Gasteiger partial charge is 0.343 e. The van der Waals surface area contributed by atoms with E-state index in [0.29, 0.717) is 13.0 Å². The highest BCUT2D eigenvalue weighted by Gasteiger charge is 2.38. The van der Waals surface area contributed by atoms with Gasteiger partial charge in [0.2, 0.25) is 0 Å². The molecular formula is C24H30O6S. The number of aromatic hydroxyl groups is 1. The van der Waals surface area contributed by atoms with Crippen molar-refractivity contribution in [2.24, 2.45) is 5.92 Å². The maximum atomic E-state index is 13.1. The van der Waals surface area contributed by atoms with E-state index >= 15 is 0 Å². The summed E-state index contributed by atoms with van der Waals surface area (Å²) in [6.07, 6.45) is 4.49. The van der Waals surface area contributed by atoms with E-state index in [2.05, 4.69) is 0 Å². The van der Waals surface area contributed by atoms with Crippen molar-refractivity contribution in [3.05, 3.63) is 63.7 Å². The van der Waals surface area contributed by atoms with E-state index < -0.39 is 20.7 Å². The molecule has 2 aromatic rings. The van der Waals surface area contributed by atoms with Crippen LogP contribution >= 0.6 is 0 Å². The van der Waals surface area contributed by atoms with Gasteiger partial charge in [0.1, 0.15) is 16.8 Å². The van der Waals surface area contributed by atoms with Crippen molar-refractivity contribution in [1.29, 1.82) is 0 Å². The molecule has 1 aromatic heterocycles. The molecule has 1 saturated heterocycles. The lowest BCUT2D eigenvalue weighted by Gasteiger charge is -2.25. The zero-order chi connectivity index (χ0) is 22.0. The molecule has 0 radical (unpaired) electrons. The number of rotatable bonds is 8. The molecule has 2 heterocycles. The number of benzene rings is 1. The van der Waals surface area contributed by atoms with Crippen molar-refractivity contribution < 1.29 is 22.7 Å². The molecule has 2 aliphatic rings. The van der Waals surface area contributed by atoms with Gasteiger partial charge in [0.15, 0.2) is 9.84 Å². The van der Waals surface area contributed by atoms with Crippen LogP contribution in [0.1, 0.15) is 73.5 Å². The second-order valence-corrected chi connectivity index (χ2v) is 10.9. The van der Waals surface area contributed by atoms with Crippen LogP contribution in [-0.4, -0.2) is 32.0 Å². The lowest BCUT2D eigenvalue weighted by molar-refractivity contribution is 0.0304. The zero-order valence-electron chi connectivity index (χ0n) is 17.8. The standard InChI is InChI=1S/C24H30O6S/c1-2-21(31(27,28)15-18-10-6-7-13-29-18)20-14-19(25)23(24(26)30-20)22(17-11-12-17)16-8-4-3-5-9-16/h3-5,8-9,14,17-18,21-22,25H,2,6-7,10-13,15H2,1H3. The van der Waals surface area contributed by atoms with Gasteiger partial charge < -0.3 is 14.3 Å². The van der Waals surface area contributed by atoms with Gasteiger partial charge in [-0.3, -0.25) is 0 Å². The lowest BCUT2D eigenvalue weighted by atomic mass is 9.87. The summed E-state index contributed by atoms with van der Waals surface area (Å²) in [4.78, 5) is 13.0. The van der Waals surface area contributed by atoms with Gasteiger partial charge in [-0.1, -0.05) is 37.3 Å². The molecule has 7 heteroatoms. The highest BCUT2D eigenvalue weighted by atomic mass is 32.2. The Morgan fingerprint density at radius 2 is 1.87 bits per heavy atom. The highest BCUT2D eigenvalue weighted by molar-refractivity contribution is 7.91. The van der Waals surface area contributed by atoms with Crippen LogP contribution in [0.2, 0.25) is 0 Å². The molecular weight excluding hydrogens is 416 g/mol. The van der Waals surface area contributed by atoms with Gasteiger partial charge in [-0.2, -0.15) is 0 Å². The third-order valence-corrected chi connectivity index (χ3v) is 8.63. The van der Waals surface area contributed by atoms with Gasteiger partial charge in [0.25, 0.3) is 0 Å². The van der Waals surface area contributed by atoms with Crippen LogP contribution in [0.5, 0.6) is 5.75 Å². The summed E-state index contributed by atoms with van der Waals surface area (Å²) in [5.74, 6) is -0.260. The van der Waals surface area contributed by atoms with Crippen LogP contribution < -0.4 is 5.63 Å². The van der Waals surface area contributed by atoms with Crippen molar-refractivity contribution in [2.45, 2.75) is 62.7 Å². The first-order chi connectivity index (χ1) is 14.9. The Morgan fingerprint density at radius 3 is 2.45 bits per heavy atom. The zero-order valence-corrected chi connectivity index (χ0v) is 18.6. The number of hydrogen-bond donors (Lipinski definition) is 1. The Labute approximate surface area is 183 Å². The third-order valence-electron chi connectivity index (χ3n) is 6.36. The fraction of sp³-hybridized carbons (Fsp3) is 0.542. The molecule has 1 aliphatic heterocycles. The fourth-order valence-corrected chi connectivity index (χ4v) is 6.66. The van der Waals surface area contributed by atoms with E-state index in [4.69, 9.17) is 9.15 Å². The maximum Gasteiger partial charge on any atom is 0.343 e.